The number of halogens is 1. The van der Waals surface area contributed by atoms with E-state index in [9.17, 15) is 9.59 Å². The second kappa shape index (κ2) is 8.31. The highest BCUT2D eigenvalue weighted by molar-refractivity contribution is 7.99. The minimum Gasteiger partial charge on any atom is -0.345 e. The first-order valence-electron chi connectivity index (χ1n) is 7.52. The Hall–Kier alpha value is -2.12. The van der Waals surface area contributed by atoms with Crippen LogP contribution in [0.25, 0.3) is 0 Å². The van der Waals surface area contributed by atoms with Crippen LogP contribution in [0, 0.1) is 13.8 Å². The largest absolute Gasteiger partial charge is 0.345 e. The number of amides is 2. The zero-order valence-electron chi connectivity index (χ0n) is 14.5. The average Bonchev–Trinajstić information content (AvgIpc) is 2.51. The molecule has 0 saturated carbocycles. The molecule has 0 bridgehead atoms. The zero-order valence-corrected chi connectivity index (χ0v) is 16.0. The lowest BCUT2D eigenvalue weighted by Crippen LogP contribution is -2.22. The molecule has 0 atom stereocenters. The van der Waals surface area contributed by atoms with Crippen LogP contribution in [0.1, 0.15) is 21.7 Å². The SMILES string of the molecule is Cc1cc(C)nc(SCC(=O)Nc2ccc(C(=O)N(C)C)c(Cl)c2)n1. The molecule has 2 rings (SSSR count). The molecule has 1 heterocycles. The van der Waals surface area contributed by atoms with Gasteiger partial charge < -0.3 is 10.2 Å². The maximum atomic E-state index is 12.1. The summed E-state index contributed by atoms with van der Waals surface area (Å²) in [5.41, 5.74) is 2.65. The van der Waals surface area contributed by atoms with Crippen molar-refractivity contribution in [2.75, 3.05) is 25.2 Å². The molecule has 132 valence electrons. The van der Waals surface area contributed by atoms with E-state index in [-0.39, 0.29) is 17.6 Å². The van der Waals surface area contributed by atoms with Gasteiger partial charge in [0.15, 0.2) is 5.16 Å². The second-order valence-electron chi connectivity index (χ2n) is 5.66. The molecule has 0 saturated heterocycles. The fourth-order valence-corrected chi connectivity index (χ4v) is 3.10. The number of hydrogen-bond acceptors (Lipinski definition) is 5. The third-order valence-electron chi connectivity index (χ3n) is 3.18. The lowest BCUT2D eigenvalue weighted by atomic mass is 10.2. The van der Waals surface area contributed by atoms with Gasteiger partial charge >= 0.3 is 0 Å². The van der Waals surface area contributed by atoms with Crippen LogP contribution < -0.4 is 5.32 Å². The van der Waals surface area contributed by atoms with Crippen molar-refractivity contribution in [2.45, 2.75) is 19.0 Å². The maximum Gasteiger partial charge on any atom is 0.254 e. The first kappa shape index (κ1) is 19.2. The summed E-state index contributed by atoms with van der Waals surface area (Å²) in [6.45, 7) is 3.77. The number of carbonyl (C=O) groups excluding carboxylic acids is 2. The lowest BCUT2D eigenvalue weighted by molar-refractivity contribution is -0.113. The van der Waals surface area contributed by atoms with Crippen molar-refractivity contribution in [3.63, 3.8) is 0 Å². The number of anilines is 1. The molecule has 6 nitrogen and oxygen atoms in total. The highest BCUT2D eigenvalue weighted by Crippen LogP contribution is 2.22. The van der Waals surface area contributed by atoms with Gasteiger partial charge in [-0.1, -0.05) is 23.4 Å². The Morgan fingerprint density at radius 2 is 1.80 bits per heavy atom. The van der Waals surface area contributed by atoms with E-state index < -0.39 is 0 Å². The predicted molar refractivity (Wildman–Crippen MR) is 100 cm³/mol. The van der Waals surface area contributed by atoms with Crippen molar-refractivity contribution in [3.8, 4) is 0 Å². The molecule has 0 fully saturated rings. The van der Waals surface area contributed by atoms with Crippen molar-refractivity contribution < 1.29 is 9.59 Å². The molecule has 2 amide bonds. The number of benzene rings is 1. The maximum absolute atomic E-state index is 12.1. The molecule has 0 spiro atoms. The van der Waals surface area contributed by atoms with Gasteiger partial charge in [-0.25, -0.2) is 9.97 Å². The van der Waals surface area contributed by atoms with E-state index in [1.54, 1.807) is 32.3 Å². The summed E-state index contributed by atoms with van der Waals surface area (Å²) in [5, 5.41) is 3.61. The Morgan fingerprint density at radius 3 is 2.36 bits per heavy atom. The Balaban J connectivity index is 1.98. The summed E-state index contributed by atoms with van der Waals surface area (Å²) >= 11 is 7.40. The van der Waals surface area contributed by atoms with Crippen LogP contribution >= 0.6 is 23.4 Å². The first-order valence-corrected chi connectivity index (χ1v) is 8.88. The molecule has 0 radical (unpaired) electrons. The fraction of sp³-hybridized carbons (Fsp3) is 0.294. The van der Waals surface area contributed by atoms with E-state index in [2.05, 4.69) is 15.3 Å². The molecular formula is C17H19ClN4O2S. The molecular weight excluding hydrogens is 360 g/mol. The van der Waals surface area contributed by atoms with Crippen molar-refractivity contribution in [1.29, 1.82) is 0 Å². The van der Waals surface area contributed by atoms with Crippen LogP contribution in [0.5, 0.6) is 0 Å². The number of aromatic nitrogens is 2. The molecule has 25 heavy (non-hydrogen) atoms. The summed E-state index contributed by atoms with van der Waals surface area (Å²) in [6, 6.07) is 6.69. The van der Waals surface area contributed by atoms with Crippen LogP contribution in [-0.2, 0) is 4.79 Å². The van der Waals surface area contributed by atoms with Crippen LogP contribution in [0.2, 0.25) is 5.02 Å². The summed E-state index contributed by atoms with van der Waals surface area (Å²) < 4.78 is 0. The van der Waals surface area contributed by atoms with Gasteiger partial charge in [0.1, 0.15) is 0 Å². The Morgan fingerprint density at radius 1 is 1.16 bits per heavy atom. The van der Waals surface area contributed by atoms with Crippen LogP contribution in [0.3, 0.4) is 0 Å². The molecule has 1 aromatic heterocycles. The van der Waals surface area contributed by atoms with Gasteiger partial charge in [0.2, 0.25) is 5.91 Å². The van der Waals surface area contributed by atoms with Crippen molar-refractivity contribution in [3.05, 3.63) is 46.2 Å². The van der Waals surface area contributed by atoms with E-state index in [1.807, 2.05) is 19.9 Å². The first-order chi connectivity index (χ1) is 11.8. The van der Waals surface area contributed by atoms with Crippen LogP contribution in [0.4, 0.5) is 5.69 Å². The monoisotopic (exact) mass is 378 g/mol. The predicted octanol–water partition coefficient (Wildman–Crippen LogP) is 3.18. The van der Waals surface area contributed by atoms with Crippen LogP contribution in [0.15, 0.2) is 29.4 Å². The van der Waals surface area contributed by atoms with Crippen LogP contribution in [-0.4, -0.2) is 46.5 Å². The van der Waals surface area contributed by atoms with Crippen molar-refractivity contribution in [2.24, 2.45) is 0 Å². The quantitative estimate of drug-likeness (QED) is 0.638. The Labute approximate surface area is 156 Å². The van der Waals surface area contributed by atoms with E-state index >= 15 is 0 Å². The molecule has 0 aliphatic heterocycles. The Bertz CT molecular complexity index is 791. The molecule has 0 unspecified atom stereocenters. The number of aryl methyl sites for hydroxylation is 2. The van der Waals surface area contributed by atoms with Crippen molar-refractivity contribution >= 4 is 40.9 Å². The summed E-state index contributed by atoms with van der Waals surface area (Å²) in [5.74, 6) is -0.209. The van der Waals surface area contributed by atoms with E-state index in [1.165, 1.54) is 16.7 Å². The average molecular weight is 379 g/mol. The van der Waals surface area contributed by atoms with Gasteiger partial charge in [-0.05, 0) is 38.1 Å². The molecule has 0 aliphatic rings. The number of nitrogens with one attached hydrogen (secondary N) is 1. The van der Waals surface area contributed by atoms with Gasteiger partial charge in [0.25, 0.3) is 5.91 Å². The fourth-order valence-electron chi connectivity index (χ4n) is 2.09. The normalized spacial score (nSPS) is 10.4. The number of carbonyl (C=O) groups is 2. The van der Waals surface area contributed by atoms with Crippen molar-refractivity contribution in [1.82, 2.24) is 14.9 Å². The summed E-state index contributed by atoms with van der Waals surface area (Å²) in [7, 11) is 3.31. The minimum atomic E-state index is -0.199. The number of rotatable bonds is 5. The minimum absolute atomic E-state index is 0.179. The summed E-state index contributed by atoms with van der Waals surface area (Å²) in [6.07, 6.45) is 0. The molecule has 8 heteroatoms. The second-order valence-corrected chi connectivity index (χ2v) is 7.01. The van der Waals surface area contributed by atoms with Gasteiger partial charge in [-0.2, -0.15) is 0 Å². The highest BCUT2D eigenvalue weighted by atomic mass is 35.5. The van der Waals surface area contributed by atoms with Gasteiger partial charge in [-0.15, -0.1) is 0 Å². The van der Waals surface area contributed by atoms with E-state index in [4.69, 9.17) is 11.6 Å². The molecule has 0 aliphatic carbocycles. The van der Waals surface area contributed by atoms with Gasteiger partial charge in [0, 0.05) is 31.2 Å². The smallest absolute Gasteiger partial charge is 0.254 e. The number of thioether (sulfide) groups is 1. The standard InChI is InChI=1S/C17H19ClN4O2S/c1-10-7-11(2)20-17(19-10)25-9-15(23)21-12-5-6-13(14(18)8-12)16(24)22(3)4/h5-8H,9H2,1-4H3,(H,21,23). The number of nitrogens with zero attached hydrogens (tertiary/aromatic N) is 3. The molecule has 2 aromatic rings. The molecule has 1 aromatic carbocycles. The van der Waals surface area contributed by atoms with Gasteiger partial charge in [-0.3, -0.25) is 9.59 Å². The van der Waals surface area contributed by atoms with E-state index in [0.29, 0.717) is 21.4 Å². The third-order valence-corrected chi connectivity index (χ3v) is 4.34. The third kappa shape index (κ3) is 5.44. The molecule has 1 N–H and O–H groups in total. The highest BCUT2D eigenvalue weighted by Gasteiger charge is 2.13. The lowest BCUT2D eigenvalue weighted by Gasteiger charge is -2.12. The van der Waals surface area contributed by atoms with Gasteiger partial charge in [0.05, 0.1) is 16.3 Å². The Kier molecular flexibility index (Phi) is 6.39. The zero-order chi connectivity index (χ0) is 18.6. The number of hydrogen-bond donors (Lipinski definition) is 1. The van der Waals surface area contributed by atoms with E-state index in [0.717, 1.165) is 11.4 Å². The topological polar surface area (TPSA) is 75.2 Å². The summed E-state index contributed by atoms with van der Waals surface area (Å²) in [4.78, 5) is 34.0.